The Balaban J connectivity index is 1.36. The molecule has 222 valence electrons. The van der Waals surface area contributed by atoms with Crippen LogP contribution >= 0.6 is 11.6 Å². The molecule has 0 bridgehead atoms. The van der Waals surface area contributed by atoms with Gasteiger partial charge < -0.3 is 20.5 Å². The van der Waals surface area contributed by atoms with Gasteiger partial charge in [-0.15, -0.1) is 0 Å². The number of nitrogens with two attached hydrogens (primary N) is 1. The van der Waals surface area contributed by atoms with E-state index in [1.54, 1.807) is 16.9 Å². The predicted molar refractivity (Wildman–Crippen MR) is 165 cm³/mol. The van der Waals surface area contributed by atoms with Crippen molar-refractivity contribution in [2.24, 2.45) is 0 Å². The monoisotopic (exact) mass is 622 g/mol. The second kappa shape index (κ2) is 11.4. The maximum absolute atomic E-state index is 15.4. The van der Waals surface area contributed by atoms with Crippen molar-refractivity contribution < 1.29 is 22.3 Å². The van der Waals surface area contributed by atoms with Crippen molar-refractivity contribution in [3.63, 3.8) is 0 Å². The third kappa shape index (κ3) is 5.44. The van der Waals surface area contributed by atoms with Gasteiger partial charge in [0.1, 0.15) is 28.0 Å². The minimum atomic E-state index is -4.22. The highest BCUT2D eigenvalue weighted by atomic mass is 35.5. The zero-order chi connectivity index (χ0) is 30.3. The molecular formula is C30H28ClFN6O4S. The largest absolute Gasteiger partial charge is 0.497 e. The summed E-state index contributed by atoms with van der Waals surface area (Å²) in [6.07, 6.45) is 1.71. The second-order valence-corrected chi connectivity index (χ2v) is 12.1. The van der Waals surface area contributed by atoms with Crippen LogP contribution in [0.3, 0.4) is 0 Å². The minimum absolute atomic E-state index is 0.0282. The van der Waals surface area contributed by atoms with Gasteiger partial charge in [0.2, 0.25) is 0 Å². The average molecular weight is 623 g/mol. The van der Waals surface area contributed by atoms with Gasteiger partial charge in [0, 0.05) is 35.6 Å². The van der Waals surface area contributed by atoms with Gasteiger partial charge in [-0.2, -0.15) is 5.10 Å². The van der Waals surface area contributed by atoms with Crippen LogP contribution in [0.5, 0.6) is 5.75 Å². The Morgan fingerprint density at radius 1 is 1.12 bits per heavy atom. The van der Waals surface area contributed by atoms with E-state index in [0.29, 0.717) is 48.2 Å². The van der Waals surface area contributed by atoms with E-state index in [-0.39, 0.29) is 21.4 Å². The highest BCUT2D eigenvalue weighted by molar-refractivity contribution is 7.92. The lowest BCUT2D eigenvalue weighted by molar-refractivity contribution is 0.0211. The molecule has 43 heavy (non-hydrogen) atoms. The molecule has 13 heteroatoms. The summed E-state index contributed by atoms with van der Waals surface area (Å²) in [6, 6.07) is 16.6. The molecule has 0 atom stereocenters. The molecule has 1 aliphatic heterocycles. The Morgan fingerprint density at radius 3 is 2.51 bits per heavy atom. The standard InChI is InChI=1S/C30H28ClFN6O4S/c1-3-38-29-22(17-4-7-19(8-5-17)35-20-15-42-16-20)14-34-30(33)27(29)28(36-38)18-6-11-25(24(32)12-18)37-43(39,40)26-13-21(41-2)9-10-23(26)31/h4-14,20,35,37H,3,15-16H2,1-2H3,(H2,33,34). The molecule has 0 radical (unpaired) electrons. The van der Waals surface area contributed by atoms with Crippen LogP contribution in [-0.4, -0.2) is 49.5 Å². The third-order valence-electron chi connectivity index (χ3n) is 7.22. The number of sulfonamides is 1. The normalized spacial score (nSPS) is 13.6. The Morgan fingerprint density at radius 2 is 1.86 bits per heavy atom. The smallest absolute Gasteiger partial charge is 0.263 e. The van der Waals surface area contributed by atoms with Crippen molar-refractivity contribution in [3.8, 4) is 28.1 Å². The van der Waals surface area contributed by atoms with Gasteiger partial charge in [0.25, 0.3) is 10.0 Å². The Labute approximate surface area is 252 Å². The summed E-state index contributed by atoms with van der Waals surface area (Å²) >= 11 is 6.12. The highest BCUT2D eigenvalue weighted by Gasteiger charge is 2.24. The van der Waals surface area contributed by atoms with Crippen LogP contribution in [0, 0.1) is 5.82 Å². The summed E-state index contributed by atoms with van der Waals surface area (Å²) in [5.41, 5.74) is 10.4. The van der Waals surface area contributed by atoms with Gasteiger partial charge in [0.05, 0.1) is 48.0 Å². The Kier molecular flexibility index (Phi) is 7.59. The number of aryl methyl sites for hydroxylation is 1. The number of hydrogen-bond acceptors (Lipinski definition) is 8. The third-order valence-corrected chi connectivity index (χ3v) is 9.06. The van der Waals surface area contributed by atoms with Crippen molar-refractivity contribution in [1.82, 2.24) is 14.8 Å². The number of methoxy groups -OCH3 is 1. The fraction of sp³-hybridized carbons (Fsp3) is 0.200. The zero-order valence-electron chi connectivity index (χ0n) is 23.3. The molecule has 3 heterocycles. The molecule has 5 aromatic rings. The lowest BCUT2D eigenvalue weighted by atomic mass is 10.0. The fourth-order valence-corrected chi connectivity index (χ4v) is 6.53. The summed E-state index contributed by atoms with van der Waals surface area (Å²) < 4.78 is 56.0. The van der Waals surface area contributed by atoms with E-state index in [9.17, 15) is 8.42 Å². The van der Waals surface area contributed by atoms with Crippen molar-refractivity contribution >= 4 is 49.7 Å². The summed E-state index contributed by atoms with van der Waals surface area (Å²) in [6.45, 7) is 3.85. The van der Waals surface area contributed by atoms with Crippen molar-refractivity contribution in [1.29, 1.82) is 0 Å². The van der Waals surface area contributed by atoms with E-state index in [4.69, 9.17) is 31.9 Å². The van der Waals surface area contributed by atoms with Crippen LogP contribution in [-0.2, 0) is 21.3 Å². The molecule has 4 N–H and O–H groups in total. The van der Waals surface area contributed by atoms with Gasteiger partial charge in [-0.3, -0.25) is 9.40 Å². The fourth-order valence-electron chi connectivity index (χ4n) is 4.94. The van der Waals surface area contributed by atoms with Gasteiger partial charge in [-0.1, -0.05) is 29.8 Å². The van der Waals surface area contributed by atoms with Gasteiger partial charge >= 0.3 is 0 Å². The van der Waals surface area contributed by atoms with Crippen molar-refractivity contribution in [2.45, 2.75) is 24.4 Å². The van der Waals surface area contributed by atoms with Crippen LogP contribution in [0.15, 0.2) is 71.8 Å². The molecule has 0 saturated carbocycles. The molecule has 0 amide bonds. The first-order valence-electron chi connectivity index (χ1n) is 13.4. The first kappa shape index (κ1) is 28.7. The van der Waals surface area contributed by atoms with Crippen LogP contribution in [0.4, 0.5) is 21.6 Å². The van der Waals surface area contributed by atoms with E-state index in [1.165, 1.54) is 37.4 Å². The van der Waals surface area contributed by atoms with Crippen LogP contribution < -0.4 is 20.5 Å². The summed E-state index contributed by atoms with van der Waals surface area (Å²) in [5.74, 6) is -0.266. The summed E-state index contributed by atoms with van der Waals surface area (Å²) in [4.78, 5) is 4.20. The number of nitrogens with one attached hydrogen (secondary N) is 2. The van der Waals surface area contributed by atoms with Crippen molar-refractivity contribution in [2.75, 3.05) is 36.1 Å². The number of fused-ring (bicyclic) bond motifs is 1. The van der Waals surface area contributed by atoms with E-state index < -0.39 is 15.8 Å². The molecule has 0 aliphatic carbocycles. The number of hydrogen-bond donors (Lipinski definition) is 3. The lowest BCUT2D eigenvalue weighted by Gasteiger charge is -2.27. The number of benzene rings is 3. The zero-order valence-corrected chi connectivity index (χ0v) is 24.8. The van der Waals surface area contributed by atoms with E-state index in [1.807, 2.05) is 31.2 Å². The maximum atomic E-state index is 15.4. The van der Waals surface area contributed by atoms with Crippen molar-refractivity contribution in [3.05, 3.63) is 77.7 Å². The molecule has 0 spiro atoms. The van der Waals surface area contributed by atoms with E-state index in [2.05, 4.69) is 15.0 Å². The molecule has 1 aliphatic rings. The molecule has 1 fully saturated rings. The number of rotatable bonds is 9. The first-order valence-corrected chi connectivity index (χ1v) is 15.3. The lowest BCUT2D eigenvalue weighted by Crippen LogP contribution is -2.40. The number of aromatic nitrogens is 3. The number of pyridine rings is 1. The first-order chi connectivity index (χ1) is 20.7. The molecule has 6 rings (SSSR count). The molecule has 1 saturated heterocycles. The topological polar surface area (TPSA) is 133 Å². The molecule has 0 unspecified atom stereocenters. The van der Waals surface area contributed by atoms with Gasteiger partial charge in [-0.05, 0) is 48.9 Å². The number of anilines is 3. The SMILES string of the molecule is CCn1nc(-c2ccc(NS(=O)(=O)c3cc(OC)ccc3Cl)c(F)c2)c2c(N)ncc(-c3ccc(NC4COC4)cc3)c21. The highest BCUT2D eigenvalue weighted by Crippen LogP contribution is 2.38. The average Bonchev–Trinajstić information content (AvgIpc) is 3.37. The number of ether oxygens (including phenoxy) is 2. The van der Waals surface area contributed by atoms with Crippen LogP contribution in [0.1, 0.15) is 6.92 Å². The van der Waals surface area contributed by atoms with Crippen LogP contribution in [0.2, 0.25) is 5.02 Å². The molecule has 3 aromatic carbocycles. The Bertz CT molecular complexity index is 1950. The summed E-state index contributed by atoms with van der Waals surface area (Å²) in [7, 11) is -2.82. The van der Waals surface area contributed by atoms with Crippen LogP contribution in [0.25, 0.3) is 33.3 Å². The molecular weight excluding hydrogens is 595 g/mol. The number of nitrogen functional groups attached to an aromatic ring is 1. The number of nitrogens with zero attached hydrogens (tertiary/aromatic N) is 3. The van der Waals surface area contributed by atoms with Gasteiger partial charge in [0.15, 0.2) is 0 Å². The quantitative estimate of drug-likeness (QED) is 0.188. The maximum Gasteiger partial charge on any atom is 0.263 e. The van der Waals surface area contributed by atoms with E-state index in [0.717, 1.165) is 22.3 Å². The number of halogens is 2. The summed E-state index contributed by atoms with van der Waals surface area (Å²) in [5, 5.41) is 8.73. The molecule has 10 nitrogen and oxygen atoms in total. The van der Waals surface area contributed by atoms with E-state index >= 15 is 4.39 Å². The molecule has 2 aromatic heterocycles. The van der Waals surface area contributed by atoms with Gasteiger partial charge in [-0.25, -0.2) is 17.8 Å². The second-order valence-electron chi connectivity index (χ2n) is 10.00. The predicted octanol–water partition coefficient (Wildman–Crippen LogP) is 5.78. The minimum Gasteiger partial charge on any atom is -0.497 e. The Hall–Kier alpha value is -4.39.